The highest BCUT2D eigenvalue weighted by Gasteiger charge is 2.00. The number of unbranched alkanes of at least 4 members (excludes halogenated alkanes) is 1. The molecule has 0 atom stereocenters. The Hall–Kier alpha value is -1.01. The molecule has 0 amide bonds. The minimum absolute atomic E-state index is 0.0604. The van der Waals surface area contributed by atoms with E-state index in [2.05, 4.69) is 21.9 Å². The number of halogens is 1. The number of hydrogen-bond donors (Lipinski definition) is 0. The number of rotatable bonds is 3. The van der Waals surface area contributed by atoms with Crippen LogP contribution in [0.1, 0.15) is 18.4 Å². The Kier molecular flexibility index (Phi) is 3.97. The molecule has 3 heteroatoms. The van der Waals surface area contributed by atoms with E-state index >= 15 is 0 Å². The van der Waals surface area contributed by atoms with Gasteiger partial charge in [-0.25, -0.2) is 0 Å². The van der Waals surface area contributed by atoms with Gasteiger partial charge in [0.05, 0.1) is 0 Å². The maximum absolute atomic E-state index is 11.6. The first kappa shape index (κ1) is 11.1. The summed E-state index contributed by atoms with van der Waals surface area (Å²) in [7, 11) is 0. The van der Waals surface area contributed by atoms with E-state index < -0.39 is 0 Å². The first-order valence-corrected chi connectivity index (χ1v) is 5.24. The number of hydrogen-bond acceptors (Lipinski definition) is 1. The van der Waals surface area contributed by atoms with Crippen molar-refractivity contribution in [3.8, 4) is 12.3 Å². The lowest BCUT2D eigenvalue weighted by atomic mass is 10.3. The van der Waals surface area contributed by atoms with E-state index in [1.165, 1.54) is 0 Å². The van der Waals surface area contributed by atoms with Crippen LogP contribution in [-0.2, 0) is 6.54 Å². The van der Waals surface area contributed by atoms with Crippen LogP contribution in [0.5, 0.6) is 0 Å². The molecule has 0 bridgehead atoms. The van der Waals surface area contributed by atoms with Crippen LogP contribution in [0.3, 0.4) is 0 Å². The predicted molar refractivity (Wildman–Crippen MR) is 61.2 cm³/mol. The molecule has 0 spiro atoms. The Morgan fingerprint density at radius 1 is 1.64 bits per heavy atom. The Labute approximate surface area is 92.1 Å². The molecule has 1 aromatic heterocycles. The molecule has 1 rings (SSSR count). The van der Waals surface area contributed by atoms with E-state index in [-0.39, 0.29) is 5.56 Å². The highest BCUT2D eigenvalue weighted by Crippen LogP contribution is 2.08. The molecule has 74 valence electrons. The first-order chi connectivity index (χ1) is 6.65. The fourth-order valence-corrected chi connectivity index (χ4v) is 1.85. The second kappa shape index (κ2) is 5.02. The van der Waals surface area contributed by atoms with Gasteiger partial charge in [-0.2, -0.15) is 0 Å². The van der Waals surface area contributed by atoms with Crippen LogP contribution in [0.4, 0.5) is 0 Å². The third-order valence-electron chi connectivity index (χ3n) is 1.95. The van der Waals surface area contributed by atoms with Crippen molar-refractivity contribution in [2.45, 2.75) is 26.3 Å². The van der Waals surface area contributed by atoms with Gasteiger partial charge in [0, 0.05) is 29.2 Å². The molecule has 0 aliphatic rings. The zero-order valence-electron chi connectivity index (χ0n) is 8.09. The summed E-state index contributed by atoms with van der Waals surface area (Å²) < 4.78 is 2.62. The van der Waals surface area contributed by atoms with Crippen molar-refractivity contribution < 1.29 is 0 Å². The zero-order valence-corrected chi connectivity index (χ0v) is 9.67. The van der Waals surface area contributed by atoms with Gasteiger partial charge in [0.25, 0.3) is 5.56 Å². The minimum atomic E-state index is 0.0604. The van der Waals surface area contributed by atoms with Crippen molar-refractivity contribution >= 4 is 15.9 Å². The summed E-state index contributed by atoms with van der Waals surface area (Å²) in [6.45, 7) is 2.49. The predicted octanol–water partition coefficient (Wildman–Crippen LogP) is 2.33. The molecule has 2 nitrogen and oxygen atoms in total. The van der Waals surface area contributed by atoms with Gasteiger partial charge in [0.15, 0.2) is 0 Å². The molecule has 0 N–H and O–H groups in total. The van der Waals surface area contributed by atoms with E-state index in [0.29, 0.717) is 13.0 Å². The van der Waals surface area contributed by atoms with E-state index in [1.54, 1.807) is 10.8 Å². The first-order valence-electron chi connectivity index (χ1n) is 4.45. The van der Waals surface area contributed by atoms with Crippen LogP contribution < -0.4 is 5.56 Å². The van der Waals surface area contributed by atoms with Crippen molar-refractivity contribution in [2.24, 2.45) is 0 Å². The molecule has 0 fully saturated rings. The summed E-state index contributed by atoms with van der Waals surface area (Å²) in [5.74, 6) is 2.56. The summed E-state index contributed by atoms with van der Waals surface area (Å²) in [5.41, 5.74) is 0.810. The smallest absolute Gasteiger partial charge is 0.253 e. The van der Waals surface area contributed by atoms with Crippen LogP contribution in [-0.4, -0.2) is 4.57 Å². The molecule has 1 heterocycles. The van der Waals surface area contributed by atoms with Gasteiger partial charge in [0.2, 0.25) is 0 Å². The van der Waals surface area contributed by atoms with E-state index in [9.17, 15) is 4.79 Å². The second-order valence-electron chi connectivity index (χ2n) is 3.15. The maximum Gasteiger partial charge on any atom is 0.253 e. The fraction of sp³-hybridized carbons (Fsp3) is 0.364. The Balaban J connectivity index is 2.87. The molecule has 0 unspecified atom stereocenters. The van der Waals surface area contributed by atoms with E-state index in [0.717, 1.165) is 16.5 Å². The van der Waals surface area contributed by atoms with Gasteiger partial charge in [-0.3, -0.25) is 4.79 Å². The molecule has 0 aromatic carbocycles. The Morgan fingerprint density at radius 3 is 3.00 bits per heavy atom. The van der Waals surface area contributed by atoms with Crippen molar-refractivity contribution in [3.05, 3.63) is 32.7 Å². The molecular weight excluding hydrogens is 242 g/mol. The lowest BCUT2D eigenvalue weighted by molar-refractivity contribution is 0.628. The topological polar surface area (TPSA) is 22.0 Å². The van der Waals surface area contributed by atoms with Gasteiger partial charge < -0.3 is 4.57 Å². The highest BCUT2D eigenvalue weighted by atomic mass is 79.9. The molecule has 0 radical (unpaired) electrons. The van der Waals surface area contributed by atoms with Gasteiger partial charge in [-0.15, -0.1) is 12.3 Å². The molecular formula is C11H12BrNO. The summed E-state index contributed by atoms with van der Waals surface area (Å²) >= 11 is 3.36. The number of aromatic nitrogens is 1. The number of terminal acetylenes is 1. The summed E-state index contributed by atoms with van der Waals surface area (Å²) in [4.78, 5) is 11.6. The van der Waals surface area contributed by atoms with Gasteiger partial charge in [-0.05, 0) is 35.3 Å². The van der Waals surface area contributed by atoms with Crippen LogP contribution >= 0.6 is 15.9 Å². The molecule has 1 aromatic rings. The minimum Gasteiger partial charge on any atom is -0.314 e. The monoisotopic (exact) mass is 253 g/mol. The average Bonchev–Trinajstić information content (AvgIpc) is 2.13. The SMILES string of the molecule is C#CCCCn1cc(Br)cc(C)c1=O. The Bertz CT molecular complexity index is 414. The number of nitrogens with zero attached hydrogens (tertiary/aromatic N) is 1. The third-order valence-corrected chi connectivity index (χ3v) is 2.39. The van der Waals surface area contributed by atoms with Gasteiger partial charge in [-0.1, -0.05) is 0 Å². The van der Waals surface area contributed by atoms with Gasteiger partial charge in [0.1, 0.15) is 0 Å². The summed E-state index contributed by atoms with van der Waals surface area (Å²) in [5, 5.41) is 0. The average molecular weight is 254 g/mol. The van der Waals surface area contributed by atoms with Crippen LogP contribution in [0.15, 0.2) is 21.5 Å². The van der Waals surface area contributed by atoms with Crippen LogP contribution in [0, 0.1) is 19.3 Å². The maximum atomic E-state index is 11.6. The largest absolute Gasteiger partial charge is 0.314 e. The van der Waals surface area contributed by atoms with Crippen molar-refractivity contribution in [1.82, 2.24) is 4.57 Å². The second-order valence-corrected chi connectivity index (χ2v) is 4.06. The van der Waals surface area contributed by atoms with Crippen molar-refractivity contribution in [1.29, 1.82) is 0 Å². The lowest BCUT2D eigenvalue weighted by Crippen LogP contribution is -2.21. The van der Waals surface area contributed by atoms with Gasteiger partial charge >= 0.3 is 0 Å². The zero-order chi connectivity index (χ0) is 10.6. The summed E-state index contributed by atoms with van der Waals surface area (Å²) in [6.07, 6.45) is 8.49. The molecule has 0 saturated heterocycles. The summed E-state index contributed by atoms with van der Waals surface area (Å²) in [6, 6.07) is 1.82. The normalized spacial score (nSPS) is 9.79. The molecule has 0 aliphatic carbocycles. The van der Waals surface area contributed by atoms with Crippen LogP contribution in [0.25, 0.3) is 0 Å². The van der Waals surface area contributed by atoms with Crippen molar-refractivity contribution in [2.75, 3.05) is 0 Å². The molecule has 14 heavy (non-hydrogen) atoms. The quantitative estimate of drug-likeness (QED) is 0.599. The lowest BCUT2D eigenvalue weighted by Gasteiger charge is -2.05. The standard InChI is InChI=1S/C11H12BrNO/c1-3-4-5-6-13-8-10(12)7-9(2)11(13)14/h1,7-8H,4-6H2,2H3. The number of pyridine rings is 1. The van der Waals surface area contributed by atoms with E-state index in [4.69, 9.17) is 6.42 Å². The van der Waals surface area contributed by atoms with Crippen molar-refractivity contribution in [3.63, 3.8) is 0 Å². The van der Waals surface area contributed by atoms with Crippen LogP contribution in [0.2, 0.25) is 0 Å². The third kappa shape index (κ3) is 2.74. The molecule has 0 saturated carbocycles. The highest BCUT2D eigenvalue weighted by molar-refractivity contribution is 9.10. The van der Waals surface area contributed by atoms with E-state index in [1.807, 2.05) is 13.0 Å². The fourth-order valence-electron chi connectivity index (χ4n) is 1.26. The molecule has 0 aliphatic heterocycles. The number of aryl methyl sites for hydroxylation is 2. The Morgan fingerprint density at radius 2 is 2.36 bits per heavy atom.